The molecule has 0 saturated heterocycles. The van der Waals surface area contributed by atoms with Gasteiger partial charge in [0, 0.05) is 7.05 Å². The maximum Gasteiger partial charge on any atom is 0.123 e. The summed E-state index contributed by atoms with van der Waals surface area (Å²) in [7, 11) is 2.02. The lowest BCUT2D eigenvalue weighted by Gasteiger charge is -2.20. The quantitative estimate of drug-likeness (QED) is 0.824. The van der Waals surface area contributed by atoms with Gasteiger partial charge in [-0.25, -0.2) is 0 Å². The van der Waals surface area contributed by atoms with Gasteiger partial charge in [0.1, 0.15) is 11.5 Å². The molecule has 0 atom stereocenters. The van der Waals surface area contributed by atoms with Gasteiger partial charge in [0.2, 0.25) is 0 Å². The van der Waals surface area contributed by atoms with E-state index < -0.39 is 0 Å². The molecule has 0 aliphatic rings. The zero-order chi connectivity index (χ0) is 12.4. The Bertz CT molecular complexity index is 517. The van der Waals surface area contributed by atoms with Gasteiger partial charge in [-0.1, -0.05) is 12.1 Å². The van der Waals surface area contributed by atoms with Crippen molar-refractivity contribution in [3.63, 3.8) is 0 Å². The van der Waals surface area contributed by atoms with Crippen molar-refractivity contribution in [3.05, 3.63) is 47.4 Å². The van der Waals surface area contributed by atoms with Gasteiger partial charge in [0.25, 0.3) is 0 Å². The van der Waals surface area contributed by atoms with Crippen molar-refractivity contribution in [2.75, 3.05) is 17.7 Å². The molecule has 3 heteroatoms. The normalized spacial score (nSPS) is 10.5. The molecule has 0 spiro atoms. The predicted molar refractivity (Wildman–Crippen MR) is 71.1 cm³/mol. The number of para-hydroxylation sites is 1. The molecule has 1 heterocycles. The maximum absolute atomic E-state index is 6.07. The van der Waals surface area contributed by atoms with Crippen molar-refractivity contribution in [3.8, 4) is 0 Å². The molecule has 2 N–H and O–H groups in total. The third-order valence-corrected chi connectivity index (χ3v) is 2.90. The van der Waals surface area contributed by atoms with Crippen molar-refractivity contribution < 1.29 is 4.42 Å². The Hall–Kier alpha value is -1.90. The Morgan fingerprint density at radius 3 is 2.59 bits per heavy atom. The maximum atomic E-state index is 6.07. The molecule has 0 aliphatic heterocycles. The Labute approximate surface area is 102 Å². The van der Waals surface area contributed by atoms with Crippen molar-refractivity contribution in [2.45, 2.75) is 20.4 Å². The van der Waals surface area contributed by atoms with Gasteiger partial charge in [0.15, 0.2) is 0 Å². The molecule has 2 rings (SSSR count). The van der Waals surface area contributed by atoms with Gasteiger partial charge in [-0.3, -0.25) is 0 Å². The summed E-state index contributed by atoms with van der Waals surface area (Å²) in [5.74, 6) is 1.89. The second-order valence-electron chi connectivity index (χ2n) is 4.38. The van der Waals surface area contributed by atoms with Crippen molar-refractivity contribution >= 4 is 11.4 Å². The van der Waals surface area contributed by atoms with Crippen LogP contribution in [-0.4, -0.2) is 7.05 Å². The van der Waals surface area contributed by atoms with E-state index in [4.69, 9.17) is 10.2 Å². The van der Waals surface area contributed by atoms with E-state index in [1.165, 1.54) is 0 Å². The topological polar surface area (TPSA) is 42.4 Å². The first-order chi connectivity index (χ1) is 8.08. The predicted octanol–water partition coefficient (Wildman–Crippen LogP) is 3.12. The zero-order valence-corrected chi connectivity index (χ0v) is 10.5. The Morgan fingerprint density at radius 2 is 1.94 bits per heavy atom. The fourth-order valence-corrected chi connectivity index (χ4v) is 1.89. The van der Waals surface area contributed by atoms with Crippen LogP contribution in [0.1, 0.15) is 17.1 Å². The average Bonchev–Trinajstić information content (AvgIpc) is 2.68. The van der Waals surface area contributed by atoms with Crippen LogP contribution in [0.3, 0.4) is 0 Å². The molecule has 0 unspecified atom stereocenters. The fourth-order valence-electron chi connectivity index (χ4n) is 1.89. The molecule has 1 aromatic heterocycles. The summed E-state index contributed by atoms with van der Waals surface area (Å²) >= 11 is 0. The first-order valence-corrected chi connectivity index (χ1v) is 5.69. The smallest absolute Gasteiger partial charge is 0.123 e. The van der Waals surface area contributed by atoms with Crippen LogP contribution < -0.4 is 10.6 Å². The largest absolute Gasteiger partial charge is 0.464 e. The Kier molecular flexibility index (Phi) is 3.09. The van der Waals surface area contributed by atoms with Crippen LogP contribution in [0.5, 0.6) is 0 Å². The minimum atomic E-state index is 0.724. The standard InChI is InChI=1S/C14H18N2O/c1-10-5-4-6-13(14(10)15)16(3)9-12-8-7-11(2)17-12/h4-8H,9,15H2,1-3H3. The van der Waals surface area contributed by atoms with Crippen LogP contribution in [-0.2, 0) is 6.54 Å². The number of hydrogen-bond donors (Lipinski definition) is 1. The molecular weight excluding hydrogens is 212 g/mol. The highest BCUT2D eigenvalue weighted by Crippen LogP contribution is 2.26. The minimum Gasteiger partial charge on any atom is -0.464 e. The minimum absolute atomic E-state index is 0.724. The van der Waals surface area contributed by atoms with Crippen molar-refractivity contribution in [1.82, 2.24) is 0 Å². The number of anilines is 2. The second-order valence-corrected chi connectivity index (χ2v) is 4.38. The summed E-state index contributed by atoms with van der Waals surface area (Å²) in [6.07, 6.45) is 0. The SMILES string of the molecule is Cc1ccc(CN(C)c2cccc(C)c2N)o1. The highest BCUT2D eigenvalue weighted by atomic mass is 16.3. The van der Waals surface area contributed by atoms with Crippen LogP contribution in [0.15, 0.2) is 34.7 Å². The lowest BCUT2D eigenvalue weighted by Crippen LogP contribution is -2.17. The summed E-state index contributed by atoms with van der Waals surface area (Å²) in [5.41, 5.74) is 9.04. The molecule has 0 saturated carbocycles. The van der Waals surface area contributed by atoms with Gasteiger partial charge in [-0.05, 0) is 37.6 Å². The van der Waals surface area contributed by atoms with E-state index in [1.54, 1.807) is 0 Å². The summed E-state index contributed by atoms with van der Waals surface area (Å²) in [6, 6.07) is 10.0. The highest BCUT2D eigenvalue weighted by molar-refractivity contribution is 5.70. The molecule has 1 aromatic carbocycles. The molecular formula is C14H18N2O. The fraction of sp³-hybridized carbons (Fsp3) is 0.286. The number of nitrogen functional groups attached to an aromatic ring is 1. The molecule has 17 heavy (non-hydrogen) atoms. The number of nitrogens with zero attached hydrogens (tertiary/aromatic N) is 1. The second kappa shape index (κ2) is 4.53. The van der Waals surface area contributed by atoms with E-state index in [-0.39, 0.29) is 0 Å². The van der Waals surface area contributed by atoms with Gasteiger partial charge in [-0.2, -0.15) is 0 Å². The number of aryl methyl sites for hydroxylation is 2. The first kappa shape index (κ1) is 11.6. The van der Waals surface area contributed by atoms with Gasteiger partial charge < -0.3 is 15.1 Å². The molecule has 2 aromatic rings. The van der Waals surface area contributed by atoms with E-state index in [0.29, 0.717) is 0 Å². The third kappa shape index (κ3) is 2.44. The summed E-state index contributed by atoms with van der Waals surface area (Å²) in [5, 5.41) is 0. The first-order valence-electron chi connectivity index (χ1n) is 5.69. The molecule has 0 bridgehead atoms. The van der Waals surface area contributed by atoms with Crippen molar-refractivity contribution in [2.24, 2.45) is 0 Å². The molecule has 0 fully saturated rings. The Balaban J connectivity index is 2.20. The van der Waals surface area contributed by atoms with E-state index >= 15 is 0 Å². The van der Waals surface area contributed by atoms with E-state index in [9.17, 15) is 0 Å². The van der Waals surface area contributed by atoms with Gasteiger partial charge in [0.05, 0.1) is 17.9 Å². The number of nitrogens with two attached hydrogens (primary N) is 1. The summed E-state index contributed by atoms with van der Waals surface area (Å²) in [6.45, 7) is 4.69. The number of rotatable bonds is 3. The molecule has 0 amide bonds. The third-order valence-electron chi connectivity index (χ3n) is 2.90. The lowest BCUT2D eigenvalue weighted by molar-refractivity contribution is 0.482. The lowest BCUT2D eigenvalue weighted by atomic mass is 10.1. The van der Waals surface area contributed by atoms with E-state index in [0.717, 1.165) is 35.0 Å². The van der Waals surface area contributed by atoms with Crippen molar-refractivity contribution in [1.29, 1.82) is 0 Å². The van der Waals surface area contributed by atoms with Crippen LogP contribution in [0.4, 0.5) is 11.4 Å². The number of furan rings is 1. The number of benzene rings is 1. The average molecular weight is 230 g/mol. The van der Waals surface area contributed by atoms with Crippen LogP contribution in [0.2, 0.25) is 0 Å². The van der Waals surface area contributed by atoms with Crippen LogP contribution in [0, 0.1) is 13.8 Å². The van der Waals surface area contributed by atoms with Gasteiger partial charge in [-0.15, -0.1) is 0 Å². The number of hydrogen-bond acceptors (Lipinski definition) is 3. The molecule has 3 nitrogen and oxygen atoms in total. The molecule has 0 radical (unpaired) electrons. The zero-order valence-electron chi connectivity index (χ0n) is 10.5. The summed E-state index contributed by atoms with van der Waals surface area (Å²) in [4.78, 5) is 2.10. The molecule has 90 valence electrons. The van der Waals surface area contributed by atoms with E-state index in [1.807, 2.05) is 51.2 Å². The molecule has 0 aliphatic carbocycles. The highest BCUT2D eigenvalue weighted by Gasteiger charge is 2.09. The van der Waals surface area contributed by atoms with Crippen LogP contribution in [0.25, 0.3) is 0 Å². The monoisotopic (exact) mass is 230 g/mol. The Morgan fingerprint density at radius 1 is 1.18 bits per heavy atom. The van der Waals surface area contributed by atoms with E-state index in [2.05, 4.69) is 4.90 Å². The summed E-state index contributed by atoms with van der Waals surface area (Å²) < 4.78 is 5.56. The van der Waals surface area contributed by atoms with Gasteiger partial charge >= 0.3 is 0 Å². The van der Waals surface area contributed by atoms with Crippen LogP contribution >= 0.6 is 0 Å².